The first-order valence-electron chi connectivity index (χ1n) is 5.73. The van der Waals surface area contributed by atoms with Crippen LogP contribution in [0.25, 0.3) is 0 Å². The van der Waals surface area contributed by atoms with E-state index in [4.69, 9.17) is 5.73 Å². The molecular formula is C12H11N4O2S. The molecule has 0 unspecified atom stereocenters. The van der Waals surface area contributed by atoms with Gasteiger partial charge in [-0.25, -0.2) is 4.79 Å². The van der Waals surface area contributed by atoms with Crippen LogP contribution in [-0.4, -0.2) is 26.6 Å². The van der Waals surface area contributed by atoms with Gasteiger partial charge in [-0.05, 0) is 11.4 Å². The summed E-state index contributed by atoms with van der Waals surface area (Å²) in [5, 5.41) is 5.73. The fourth-order valence-electron chi connectivity index (χ4n) is 2.11. The van der Waals surface area contributed by atoms with E-state index in [1.807, 2.05) is 17.5 Å². The van der Waals surface area contributed by atoms with Crippen LogP contribution in [-0.2, 0) is 24.3 Å². The Bertz CT molecular complexity index is 632. The van der Waals surface area contributed by atoms with E-state index in [-0.39, 0.29) is 5.91 Å². The summed E-state index contributed by atoms with van der Waals surface area (Å²) in [6.45, 7) is 0.797. The SMILES string of the molecule is NC(=O)n1n[c]c2c1CN(C(=O)Cc1cccs1)C2. The van der Waals surface area contributed by atoms with Gasteiger partial charge in [-0.3, -0.25) is 4.79 Å². The van der Waals surface area contributed by atoms with E-state index in [1.165, 1.54) is 0 Å². The quantitative estimate of drug-likeness (QED) is 0.878. The molecule has 2 N–H and O–H groups in total. The van der Waals surface area contributed by atoms with Crippen LogP contribution in [0.5, 0.6) is 0 Å². The number of aromatic nitrogens is 2. The summed E-state index contributed by atoms with van der Waals surface area (Å²) >= 11 is 1.56. The average molecular weight is 275 g/mol. The number of carbonyl (C=O) groups excluding carboxylic acids is 2. The van der Waals surface area contributed by atoms with E-state index in [0.29, 0.717) is 25.2 Å². The van der Waals surface area contributed by atoms with Gasteiger partial charge in [0.15, 0.2) is 0 Å². The molecule has 0 atom stereocenters. The van der Waals surface area contributed by atoms with Crippen molar-refractivity contribution in [3.05, 3.63) is 39.8 Å². The van der Waals surface area contributed by atoms with Gasteiger partial charge in [-0.2, -0.15) is 9.78 Å². The van der Waals surface area contributed by atoms with Crippen LogP contribution in [0.2, 0.25) is 0 Å². The van der Waals surface area contributed by atoms with Crippen LogP contribution in [0.15, 0.2) is 17.5 Å². The minimum atomic E-state index is -0.648. The third-order valence-electron chi connectivity index (χ3n) is 3.05. The molecule has 2 amide bonds. The fourth-order valence-corrected chi connectivity index (χ4v) is 2.81. The van der Waals surface area contributed by atoms with Crippen LogP contribution in [0.1, 0.15) is 16.1 Å². The molecule has 0 bridgehead atoms. The highest BCUT2D eigenvalue weighted by molar-refractivity contribution is 7.10. The van der Waals surface area contributed by atoms with Crippen LogP contribution >= 0.6 is 11.3 Å². The predicted molar refractivity (Wildman–Crippen MR) is 68.3 cm³/mol. The van der Waals surface area contributed by atoms with Crippen molar-refractivity contribution >= 4 is 23.3 Å². The van der Waals surface area contributed by atoms with Gasteiger partial charge < -0.3 is 10.6 Å². The molecule has 2 aromatic rings. The minimum Gasteiger partial charge on any atom is -0.350 e. The van der Waals surface area contributed by atoms with Gasteiger partial charge in [-0.15, -0.1) is 11.3 Å². The lowest BCUT2D eigenvalue weighted by molar-refractivity contribution is -0.131. The van der Waals surface area contributed by atoms with Gasteiger partial charge in [0.2, 0.25) is 5.91 Å². The van der Waals surface area contributed by atoms with Crippen molar-refractivity contribution in [3.63, 3.8) is 0 Å². The normalized spacial score (nSPS) is 13.6. The van der Waals surface area contributed by atoms with Gasteiger partial charge in [0, 0.05) is 10.4 Å². The largest absolute Gasteiger partial charge is 0.350 e. The molecule has 2 aromatic heterocycles. The molecule has 1 aliphatic rings. The molecule has 3 rings (SSSR count). The van der Waals surface area contributed by atoms with Gasteiger partial charge in [0.25, 0.3) is 0 Å². The lowest BCUT2D eigenvalue weighted by Gasteiger charge is -2.15. The number of hydrogen-bond acceptors (Lipinski definition) is 4. The smallest absolute Gasteiger partial charge is 0.339 e. The van der Waals surface area contributed by atoms with Gasteiger partial charge in [-0.1, -0.05) is 6.07 Å². The lowest BCUT2D eigenvalue weighted by Crippen LogP contribution is -2.29. The first-order valence-corrected chi connectivity index (χ1v) is 6.61. The zero-order valence-electron chi connectivity index (χ0n) is 10.00. The van der Waals surface area contributed by atoms with Crippen molar-refractivity contribution in [2.45, 2.75) is 19.5 Å². The molecule has 0 spiro atoms. The van der Waals surface area contributed by atoms with Gasteiger partial charge in [0.05, 0.1) is 25.2 Å². The van der Waals surface area contributed by atoms with Crippen LogP contribution < -0.4 is 5.73 Å². The van der Waals surface area contributed by atoms with E-state index in [1.54, 1.807) is 16.2 Å². The maximum absolute atomic E-state index is 12.1. The molecule has 3 heterocycles. The molecule has 6 nitrogen and oxygen atoms in total. The average Bonchev–Trinajstić information content (AvgIpc) is 3.02. The number of nitrogens with zero attached hydrogens (tertiary/aromatic N) is 3. The zero-order valence-corrected chi connectivity index (χ0v) is 10.8. The molecule has 19 heavy (non-hydrogen) atoms. The van der Waals surface area contributed by atoms with E-state index < -0.39 is 6.03 Å². The highest BCUT2D eigenvalue weighted by atomic mass is 32.1. The summed E-state index contributed by atoms with van der Waals surface area (Å²) in [7, 11) is 0. The van der Waals surface area contributed by atoms with Crippen LogP contribution in [0.3, 0.4) is 0 Å². The Balaban J connectivity index is 1.73. The number of fused-ring (bicyclic) bond motifs is 1. The summed E-state index contributed by atoms with van der Waals surface area (Å²) in [5.74, 6) is 0.0306. The summed E-state index contributed by atoms with van der Waals surface area (Å²) in [6.07, 6.45) is 3.11. The fraction of sp³-hybridized carbons (Fsp3) is 0.250. The molecule has 1 aliphatic heterocycles. The third-order valence-corrected chi connectivity index (χ3v) is 3.92. The molecule has 0 saturated carbocycles. The number of carbonyl (C=O) groups is 2. The number of nitrogens with two attached hydrogens (primary N) is 1. The Hall–Kier alpha value is -2.15. The van der Waals surface area contributed by atoms with Crippen molar-refractivity contribution in [1.29, 1.82) is 0 Å². The van der Waals surface area contributed by atoms with Gasteiger partial charge >= 0.3 is 6.03 Å². The Morgan fingerprint density at radius 1 is 1.47 bits per heavy atom. The standard InChI is InChI=1S/C12H11N4O2S/c13-12(18)16-10-7-15(6-8(10)5-14-16)11(17)4-9-2-1-3-19-9/h1-3H,4,6-7H2,(H2,13,18). The van der Waals surface area contributed by atoms with Crippen LogP contribution in [0, 0.1) is 6.20 Å². The minimum absolute atomic E-state index is 0.0306. The first-order chi connectivity index (χ1) is 9.15. The second-order valence-corrected chi connectivity index (χ2v) is 5.33. The Labute approximate surface area is 113 Å². The Morgan fingerprint density at radius 3 is 3.00 bits per heavy atom. The predicted octanol–water partition coefficient (Wildman–Crippen LogP) is 0.756. The number of thiophene rings is 1. The maximum atomic E-state index is 12.1. The zero-order chi connectivity index (χ0) is 13.4. The molecule has 0 aliphatic carbocycles. The van der Waals surface area contributed by atoms with E-state index >= 15 is 0 Å². The number of primary amides is 1. The summed E-state index contributed by atoms with van der Waals surface area (Å²) < 4.78 is 1.10. The maximum Gasteiger partial charge on any atom is 0.339 e. The Kier molecular flexibility index (Phi) is 2.83. The summed E-state index contributed by atoms with van der Waals surface area (Å²) in [6, 6.07) is 3.21. The molecule has 0 fully saturated rings. The molecule has 0 aromatic carbocycles. The number of hydrogen-bond donors (Lipinski definition) is 1. The monoisotopic (exact) mass is 275 g/mol. The highest BCUT2D eigenvalue weighted by Gasteiger charge is 2.28. The highest BCUT2D eigenvalue weighted by Crippen LogP contribution is 2.23. The molecular weight excluding hydrogens is 264 g/mol. The first kappa shape index (κ1) is 11.9. The van der Waals surface area contributed by atoms with Crippen LogP contribution in [0.4, 0.5) is 4.79 Å². The molecule has 1 radical (unpaired) electrons. The molecule has 97 valence electrons. The topological polar surface area (TPSA) is 81.2 Å². The van der Waals surface area contributed by atoms with Crippen molar-refractivity contribution < 1.29 is 9.59 Å². The van der Waals surface area contributed by atoms with Gasteiger partial charge in [0.1, 0.15) is 6.20 Å². The molecule has 7 heteroatoms. The van der Waals surface area contributed by atoms with E-state index in [0.717, 1.165) is 15.1 Å². The number of amides is 2. The lowest BCUT2D eigenvalue weighted by atomic mass is 10.3. The van der Waals surface area contributed by atoms with Crippen molar-refractivity contribution in [3.8, 4) is 0 Å². The second kappa shape index (κ2) is 4.51. The molecule has 0 saturated heterocycles. The van der Waals surface area contributed by atoms with Crippen molar-refractivity contribution in [2.75, 3.05) is 0 Å². The third kappa shape index (κ3) is 2.12. The Morgan fingerprint density at radius 2 is 2.32 bits per heavy atom. The summed E-state index contributed by atoms with van der Waals surface area (Å²) in [4.78, 5) is 26.0. The van der Waals surface area contributed by atoms with Crippen molar-refractivity contribution in [1.82, 2.24) is 14.7 Å². The number of rotatable bonds is 2. The second-order valence-electron chi connectivity index (χ2n) is 4.29. The summed E-state index contributed by atoms with van der Waals surface area (Å²) in [5.41, 5.74) is 6.62. The van der Waals surface area contributed by atoms with E-state index in [9.17, 15) is 9.59 Å². The van der Waals surface area contributed by atoms with Crippen molar-refractivity contribution in [2.24, 2.45) is 5.73 Å². The van der Waals surface area contributed by atoms with E-state index in [2.05, 4.69) is 11.3 Å².